The van der Waals surface area contributed by atoms with Gasteiger partial charge in [-0.3, -0.25) is 4.98 Å². The van der Waals surface area contributed by atoms with E-state index in [0.29, 0.717) is 5.84 Å². The van der Waals surface area contributed by atoms with Crippen molar-refractivity contribution in [2.75, 3.05) is 0 Å². The highest BCUT2D eigenvalue weighted by Crippen LogP contribution is 2.32. The van der Waals surface area contributed by atoms with Crippen LogP contribution in [0.15, 0.2) is 47.7 Å². The van der Waals surface area contributed by atoms with E-state index in [1.807, 2.05) is 37.3 Å². The number of aromatic nitrogens is 1. The molecule has 1 aromatic heterocycles. The van der Waals surface area contributed by atoms with Crippen molar-refractivity contribution in [1.29, 1.82) is 0 Å². The van der Waals surface area contributed by atoms with Crippen molar-refractivity contribution in [2.24, 2.45) is 10.7 Å². The largest absolute Gasteiger partial charge is 0.481 e. The number of hydrogen-bond acceptors (Lipinski definition) is 5. The zero-order valence-corrected chi connectivity index (χ0v) is 14.4. The second kappa shape index (κ2) is 8.72. The highest BCUT2D eigenvalue weighted by atomic mass is 35.5. The number of rotatable bonds is 4. The Bertz CT molecular complexity index is 664. The smallest absolute Gasteiger partial charge is 0.153 e. The van der Waals surface area contributed by atoms with Gasteiger partial charge in [0, 0.05) is 25.5 Å². The van der Waals surface area contributed by atoms with Gasteiger partial charge in [-0.1, -0.05) is 6.07 Å². The average molecular weight is 355 g/mol. The number of nitrogens with one attached hydrogen (secondary N) is 1. The topological polar surface area (TPSA) is 72.5 Å². The number of benzene rings is 1. The number of fused-ring (bicyclic) bond motifs is 1. The number of hydrogen-bond donors (Lipinski definition) is 2. The fourth-order valence-corrected chi connectivity index (χ4v) is 2.19. The molecular formula is C16H20Cl2N4O. The maximum Gasteiger partial charge on any atom is 0.153 e. The van der Waals surface area contributed by atoms with Crippen molar-refractivity contribution < 1.29 is 4.74 Å². The first-order valence-corrected chi connectivity index (χ1v) is 6.95. The lowest BCUT2D eigenvalue weighted by atomic mass is 10.1. The maximum atomic E-state index is 5.82. The zero-order valence-electron chi connectivity index (χ0n) is 12.7. The van der Waals surface area contributed by atoms with Gasteiger partial charge in [0.05, 0.1) is 0 Å². The molecule has 0 saturated heterocycles. The van der Waals surface area contributed by atoms with Gasteiger partial charge in [-0.05, 0) is 42.3 Å². The summed E-state index contributed by atoms with van der Waals surface area (Å²) >= 11 is 0. The van der Waals surface area contributed by atoms with E-state index in [0.717, 1.165) is 30.1 Å². The van der Waals surface area contributed by atoms with Gasteiger partial charge >= 0.3 is 0 Å². The molecule has 23 heavy (non-hydrogen) atoms. The molecule has 1 unspecified atom stereocenters. The summed E-state index contributed by atoms with van der Waals surface area (Å²) in [6.07, 6.45) is 3.44. The summed E-state index contributed by atoms with van der Waals surface area (Å²) in [7, 11) is 0. The van der Waals surface area contributed by atoms with E-state index in [-0.39, 0.29) is 30.9 Å². The van der Waals surface area contributed by atoms with Crippen molar-refractivity contribution in [2.45, 2.75) is 26.1 Å². The van der Waals surface area contributed by atoms with Gasteiger partial charge < -0.3 is 15.8 Å². The van der Waals surface area contributed by atoms with Gasteiger partial charge in [-0.25, -0.2) is 4.99 Å². The van der Waals surface area contributed by atoms with Crippen LogP contribution in [0.2, 0.25) is 0 Å². The van der Waals surface area contributed by atoms with Crippen LogP contribution in [0.1, 0.15) is 18.1 Å². The van der Waals surface area contributed by atoms with Crippen LogP contribution in [0.5, 0.6) is 5.75 Å². The highest BCUT2D eigenvalue weighted by molar-refractivity contribution is 5.89. The summed E-state index contributed by atoms with van der Waals surface area (Å²) in [4.78, 5) is 8.39. The molecule has 5 nitrogen and oxygen atoms in total. The lowest BCUT2D eigenvalue weighted by molar-refractivity contribution is 0.281. The number of halogens is 2. The Morgan fingerprint density at radius 1 is 1.09 bits per heavy atom. The molecule has 0 radical (unpaired) electrons. The molecule has 0 bridgehead atoms. The van der Waals surface area contributed by atoms with Gasteiger partial charge in [-0.15, -0.1) is 24.8 Å². The Balaban J connectivity index is 0.00000132. The van der Waals surface area contributed by atoms with E-state index in [1.54, 1.807) is 12.4 Å². The monoisotopic (exact) mass is 354 g/mol. The summed E-state index contributed by atoms with van der Waals surface area (Å²) in [6.45, 7) is 3.46. The summed E-state index contributed by atoms with van der Waals surface area (Å²) in [5.74, 6) is 1.30. The highest BCUT2D eigenvalue weighted by Gasteiger charge is 2.17. The summed E-state index contributed by atoms with van der Waals surface area (Å²) in [6, 6.07) is 10.0. The van der Waals surface area contributed by atoms with Crippen molar-refractivity contribution in [1.82, 2.24) is 10.3 Å². The van der Waals surface area contributed by atoms with E-state index in [4.69, 9.17) is 10.5 Å². The molecule has 0 saturated carbocycles. The van der Waals surface area contributed by atoms with Crippen molar-refractivity contribution in [3.63, 3.8) is 0 Å². The fraction of sp³-hybridized carbons (Fsp3) is 0.250. The first kappa shape index (κ1) is 19.2. The third-order valence-corrected chi connectivity index (χ3v) is 3.40. The SMILES string of the molecule is CC1Oc2ccc(CNCc3ccncc3)cc2N=C1N.Cl.Cl. The molecule has 1 aromatic carbocycles. The van der Waals surface area contributed by atoms with Gasteiger partial charge in [0.1, 0.15) is 17.3 Å². The van der Waals surface area contributed by atoms with Gasteiger partial charge in [0.25, 0.3) is 0 Å². The Labute approximate surface area is 148 Å². The summed E-state index contributed by atoms with van der Waals surface area (Å²) in [5, 5.41) is 3.40. The van der Waals surface area contributed by atoms with E-state index in [9.17, 15) is 0 Å². The van der Waals surface area contributed by atoms with Gasteiger partial charge in [0.15, 0.2) is 6.10 Å². The molecule has 2 aromatic rings. The second-order valence-corrected chi connectivity index (χ2v) is 5.06. The van der Waals surface area contributed by atoms with E-state index < -0.39 is 0 Å². The first-order chi connectivity index (χ1) is 10.2. The number of aliphatic imine (C=N–C) groups is 1. The Kier molecular flexibility index (Phi) is 7.29. The lowest BCUT2D eigenvalue weighted by Crippen LogP contribution is -2.33. The minimum atomic E-state index is -0.159. The lowest BCUT2D eigenvalue weighted by Gasteiger charge is -2.21. The Hall–Kier alpha value is -1.82. The van der Waals surface area contributed by atoms with Crippen molar-refractivity contribution in [3.8, 4) is 5.75 Å². The van der Waals surface area contributed by atoms with Crippen LogP contribution in [-0.2, 0) is 13.1 Å². The summed E-state index contributed by atoms with van der Waals surface area (Å²) < 4.78 is 5.69. The summed E-state index contributed by atoms with van der Waals surface area (Å²) in [5.41, 5.74) is 8.98. The third kappa shape index (κ3) is 4.82. The van der Waals surface area contributed by atoms with Crippen LogP contribution in [0, 0.1) is 0 Å². The average Bonchev–Trinajstić information content (AvgIpc) is 2.50. The van der Waals surface area contributed by atoms with Crippen LogP contribution in [0.4, 0.5) is 5.69 Å². The number of nitrogens with zero attached hydrogens (tertiary/aromatic N) is 2. The molecule has 0 spiro atoms. The first-order valence-electron chi connectivity index (χ1n) is 6.95. The molecular weight excluding hydrogens is 335 g/mol. The van der Waals surface area contributed by atoms with Crippen LogP contribution in [0.25, 0.3) is 0 Å². The molecule has 1 atom stereocenters. The Morgan fingerprint density at radius 3 is 2.52 bits per heavy atom. The third-order valence-electron chi connectivity index (χ3n) is 3.40. The van der Waals surface area contributed by atoms with Crippen LogP contribution in [-0.4, -0.2) is 16.9 Å². The minimum absolute atomic E-state index is 0. The predicted octanol–water partition coefficient (Wildman–Crippen LogP) is 2.98. The predicted molar refractivity (Wildman–Crippen MR) is 97.1 cm³/mol. The van der Waals surface area contributed by atoms with Gasteiger partial charge in [-0.2, -0.15) is 0 Å². The second-order valence-electron chi connectivity index (χ2n) is 5.06. The molecule has 1 aliphatic rings. The fourth-order valence-electron chi connectivity index (χ4n) is 2.19. The normalized spacial score (nSPS) is 15.3. The Morgan fingerprint density at radius 2 is 1.78 bits per heavy atom. The van der Waals surface area contributed by atoms with Crippen LogP contribution >= 0.6 is 24.8 Å². The molecule has 0 aliphatic carbocycles. The standard InChI is InChI=1S/C16H18N4O.2ClH/c1-11-16(17)20-14-8-13(2-3-15(14)21-11)10-19-9-12-4-6-18-7-5-12;;/h2-8,11,19H,9-10H2,1H3,(H2,17,20);2*1H. The number of pyridine rings is 1. The number of nitrogens with two attached hydrogens (primary N) is 1. The molecule has 0 fully saturated rings. The minimum Gasteiger partial charge on any atom is -0.481 e. The van der Waals surface area contributed by atoms with Crippen LogP contribution in [0.3, 0.4) is 0 Å². The number of ether oxygens (including phenoxy) is 1. The molecule has 1 aliphatic heterocycles. The molecule has 2 heterocycles. The van der Waals surface area contributed by atoms with E-state index in [2.05, 4.69) is 15.3 Å². The molecule has 7 heteroatoms. The van der Waals surface area contributed by atoms with E-state index in [1.165, 1.54) is 5.56 Å². The zero-order chi connectivity index (χ0) is 14.7. The molecule has 3 rings (SSSR count). The van der Waals surface area contributed by atoms with Crippen molar-refractivity contribution in [3.05, 3.63) is 53.9 Å². The molecule has 0 amide bonds. The van der Waals surface area contributed by atoms with Crippen LogP contribution < -0.4 is 15.8 Å². The molecule has 124 valence electrons. The maximum absolute atomic E-state index is 5.82. The number of amidine groups is 1. The van der Waals surface area contributed by atoms with Gasteiger partial charge in [0.2, 0.25) is 0 Å². The van der Waals surface area contributed by atoms with E-state index >= 15 is 0 Å². The molecule has 3 N–H and O–H groups in total. The quantitative estimate of drug-likeness (QED) is 0.884. The van der Waals surface area contributed by atoms with Crippen molar-refractivity contribution >= 4 is 36.3 Å².